The van der Waals surface area contributed by atoms with Crippen molar-refractivity contribution in [2.45, 2.75) is 12.8 Å². The van der Waals surface area contributed by atoms with Crippen molar-refractivity contribution in [2.24, 2.45) is 0 Å². The summed E-state index contributed by atoms with van der Waals surface area (Å²) in [4.78, 5) is 16.9. The second kappa shape index (κ2) is 9.50. The maximum Gasteiger partial charge on any atom is 0.253 e. The van der Waals surface area contributed by atoms with Gasteiger partial charge < -0.3 is 9.80 Å². The van der Waals surface area contributed by atoms with Crippen molar-refractivity contribution in [3.63, 3.8) is 0 Å². The molecule has 1 amide bonds. The number of carbonyl (C=O) groups excluding carboxylic acids is 1. The molecule has 1 aromatic carbocycles. The van der Waals surface area contributed by atoms with E-state index in [2.05, 4.69) is 11.0 Å². The summed E-state index contributed by atoms with van der Waals surface area (Å²) in [6.45, 7) is 4.71. The smallest absolute Gasteiger partial charge is 0.253 e. The molecule has 0 N–H and O–H groups in total. The third kappa shape index (κ3) is 5.36. The van der Waals surface area contributed by atoms with Crippen molar-refractivity contribution in [1.82, 2.24) is 9.80 Å². The fourth-order valence-corrected chi connectivity index (χ4v) is 3.24. The zero-order valence-corrected chi connectivity index (χ0v) is 13.7. The third-order valence-electron chi connectivity index (χ3n) is 3.83. The minimum Gasteiger partial charge on any atom is -0.337 e. The van der Waals surface area contributed by atoms with Crippen LogP contribution in [0.4, 0.5) is 0 Å². The van der Waals surface area contributed by atoms with Gasteiger partial charge in [-0.05, 0) is 43.8 Å². The highest BCUT2D eigenvalue weighted by Crippen LogP contribution is 2.10. The van der Waals surface area contributed by atoms with Crippen molar-refractivity contribution in [3.8, 4) is 6.07 Å². The molecule has 22 heavy (non-hydrogen) atoms. The zero-order valence-electron chi connectivity index (χ0n) is 12.9. The summed E-state index contributed by atoms with van der Waals surface area (Å²) in [6, 6.07) is 11.7. The lowest BCUT2D eigenvalue weighted by molar-refractivity contribution is 0.0761. The molecule has 4 nitrogen and oxygen atoms in total. The first-order valence-electron chi connectivity index (χ1n) is 7.82. The predicted molar refractivity (Wildman–Crippen MR) is 91.0 cm³/mol. The number of hydrogen-bond acceptors (Lipinski definition) is 4. The fourth-order valence-electron chi connectivity index (χ4n) is 2.67. The van der Waals surface area contributed by atoms with Crippen LogP contribution in [0.3, 0.4) is 0 Å². The van der Waals surface area contributed by atoms with Crippen LogP contribution in [0.15, 0.2) is 30.3 Å². The number of rotatable bonds is 6. The Morgan fingerprint density at radius 3 is 2.77 bits per heavy atom. The Kier molecular flexibility index (Phi) is 7.27. The van der Waals surface area contributed by atoms with Gasteiger partial charge >= 0.3 is 0 Å². The molecule has 0 aromatic heterocycles. The lowest BCUT2D eigenvalue weighted by Gasteiger charge is -2.22. The number of nitrogens with zero attached hydrogens (tertiary/aromatic N) is 3. The van der Waals surface area contributed by atoms with Crippen LogP contribution in [-0.2, 0) is 0 Å². The molecule has 0 spiro atoms. The van der Waals surface area contributed by atoms with Gasteiger partial charge in [-0.2, -0.15) is 5.26 Å². The Labute approximate surface area is 137 Å². The van der Waals surface area contributed by atoms with E-state index < -0.39 is 0 Å². The summed E-state index contributed by atoms with van der Waals surface area (Å²) < 4.78 is 0. The van der Waals surface area contributed by atoms with Gasteiger partial charge in [-0.25, -0.2) is 0 Å². The average molecular weight is 317 g/mol. The lowest BCUT2D eigenvalue weighted by atomic mass is 10.2. The van der Waals surface area contributed by atoms with Crippen molar-refractivity contribution < 1.29 is 4.79 Å². The van der Waals surface area contributed by atoms with Crippen molar-refractivity contribution in [1.29, 1.82) is 5.26 Å². The first-order chi connectivity index (χ1) is 10.8. The largest absolute Gasteiger partial charge is 0.337 e. The van der Waals surface area contributed by atoms with Gasteiger partial charge in [0.1, 0.15) is 0 Å². The van der Waals surface area contributed by atoms with Gasteiger partial charge in [-0.15, -0.1) is 11.8 Å². The van der Waals surface area contributed by atoms with Gasteiger partial charge in [0.05, 0.1) is 11.8 Å². The first kappa shape index (κ1) is 16.9. The Hall–Kier alpha value is -1.51. The SMILES string of the molecule is N#CCSCCCN1CCCN(C(=O)c2ccccc2)CC1. The van der Waals surface area contributed by atoms with Crippen LogP contribution in [0.5, 0.6) is 0 Å². The molecule has 1 heterocycles. The van der Waals surface area contributed by atoms with Crippen LogP contribution in [0.25, 0.3) is 0 Å². The highest BCUT2D eigenvalue weighted by atomic mass is 32.2. The topological polar surface area (TPSA) is 47.3 Å². The molecule has 0 unspecified atom stereocenters. The highest BCUT2D eigenvalue weighted by Gasteiger charge is 2.19. The maximum atomic E-state index is 12.5. The molecule has 1 aliphatic heterocycles. The van der Waals surface area contributed by atoms with E-state index in [9.17, 15) is 4.79 Å². The minimum absolute atomic E-state index is 0.145. The molecule has 1 fully saturated rings. The maximum absolute atomic E-state index is 12.5. The summed E-state index contributed by atoms with van der Waals surface area (Å²) in [5, 5.41) is 8.51. The average Bonchev–Trinajstić information content (AvgIpc) is 2.80. The normalized spacial score (nSPS) is 16.0. The highest BCUT2D eigenvalue weighted by molar-refractivity contribution is 7.99. The zero-order chi connectivity index (χ0) is 15.6. The number of hydrogen-bond donors (Lipinski definition) is 0. The van der Waals surface area contributed by atoms with Crippen molar-refractivity contribution in [2.75, 3.05) is 44.2 Å². The summed E-state index contributed by atoms with van der Waals surface area (Å²) >= 11 is 1.70. The predicted octanol–water partition coefficient (Wildman–Crippen LogP) is 2.48. The molecular weight excluding hydrogens is 294 g/mol. The molecule has 1 aromatic rings. The van der Waals surface area contributed by atoms with Gasteiger partial charge in [0, 0.05) is 25.2 Å². The van der Waals surface area contributed by atoms with E-state index in [1.807, 2.05) is 35.2 Å². The summed E-state index contributed by atoms with van der Waals surface area (Å²) in [7, 11) is 0. The van der Waals surface area contributed by atoms with Gasteiger partial charge in [0.15, 0.2) is 0 Å². The fraction of sp³-hybridized carbons (Fsp3) is 0.529. The van der Waals surface area contributed by atoms with Crippen LogP contribution in [0, 0.1) is 11.3 Å². The lowest BCUT2D eigenvalue weighted by Crippen LogP contribution is -2.35. The summed E-state index contributed by atoms with van der Waals surface area (Å²) in [6.07, 6.45) is 2.14. The Morgan fingerprint density at radius 1 is 1.18 bits per heavy atom. The molecule has 0 atom stereocenters. The molecule has 118 valence electrons. The summed E-state index contributed by atoms with van der Waals surface area (Å²) in [5.41, 5.74) is 0.781. The van der Waals surface area contributed by atoms with Crippen LogP contribution >= 0.6 is 11.8 Å². The number of nitriles is 1. The molecule has 2 rings (SSSR count). The number of benzene rings is 1. The van der Waals surface area contributed by atoms with Crippen LogP contribution < -0.4 is 0 Å². The second-order valence-electron chi connectivity index (χ2n) is 5.42. The monoisotopic (exact) mass is 317 g/mol. The van der Waals surface area contributed by atoms with Gasteiger partial charge in [0.2, 0.25) is 0 Å². The van der Waals surface area contributed by atoms with Crippen LogP contribution in [-0.4, -0.2) is 59.9 Å². The molecule has 1 saturated heterocycles. The number of thioether (sulfide) groups is 1. The van der Waals surface area contributed by atoms with E-state index >= 15 is 0 Å². The molecule has 5 heteroatoms. The minimum atomic E-state index is 0.145. The van der Waals surface area contributed by atoms with E-state index in [4.69, 9.17) is 5.26 Å². The van der Waals surface area contributed by atoms with E-state index in [0.29, 0.717) is 5.75 Å². The van der Waals surface area contributed by atoms with E-state index in [1.54, 1.807) is 11.8 Å². The van der Waals surface area contributed by atoms with Crippen molar-refractivity contribution in [3.05, 3.63) is 35.9 Å². The molecule has 0 saturated carbocycles. The third-order valence-corrected chi connectivity index (χ3v) is 4.74. The molecule has 1 aliphatic rings. The molecular formula is C17H23N3OS. The molecule has 0 radical (unpaired) electrons. The van der Waals surface area contributed by atoms with Gasteiger partial charge in [0.25, 0.3) is 5.91 Å². The van der Waals surface area contributed by atoms with Gasteiger partial charge in [-0.3, -0.25) is 4.79 Å². The van der Waals surface area contributed by atoms with Crippen LogP contribution in [0.2, 0.25) is 0 Å². The van der Waals surface area contributed by atoms with E-state index in [0.717, 1.165) is 56.9 Å². The number of amides is 1. The van der Waals surface area contributed by atoms with Crippen LogP contribution in [0.1, 0.15) is 23.2 Å². The first-order valence-corrected chi connectivity index (χ1v) is 8.98. The standard InChI is InChI=1S/C17H23N3OS/c18-8-15-22-14-5-10-19-9-4-11-20(13-12-19)17(21)16-6-2-1-3-7-16/h1-3,6-7H,4-5,9-15H2. The molecule has 0 aliphatic carbocycles. The van der Waals surface area contributed by atoms with E-state index in [-0.39, 0.29) is 5.91 Å². The second-order valence-corrected chi connectivity index (χ2v) is 6.52. The quantitative estimate of drug-likeness (QED) is 0.756. The van der Waals surface area contributed by atoms with Gasteiger partial charge in [-0.1, -0.05) is 18.2 Å². The Bertz CT molecular complexity index is 500. The van der Waals surface area contributed by atoms with E-state index in [1.165, 1.54) is 0 Å². The number of carbonyl (C=O) groups is 1. The van der Waals surface area contributed by atoms with Crippen molar-refractivity contribution >= 4 is 17.7 Å². The molecule has 0 bridgehead atoms. The Morgan fingerprint density at radius 2 is 2.00 bits per heavy atom. The Balaban J connectivity index is 1.75. The summed E-state index contributed by atoms with van der Waals surface area (Å²) in [5.74, 6) is 1.77.